The van der Waals surface area contributed by atoms with E-state index in [1.807, 2.05) is 13.8 Å². The van der Waals surface area contributed by atoms with E-state index in [-0.39, 0.29) is 43.1 Å². The minimum atomic E-state index is -3.88. The second kappa shape index (κ2) is 12.2. The number of carbonyl (C=O) groups is 2. The van der Waals surface area contributed by atoms with E-state index in [9.17, 15) is 18.0 Å². The first-order chi connectivity index (χ1) is 17.5. The smallest absolute Gasteiger partial charge is 0.244 e. The number of rotatable bonds is 11. The SMILES string of the molecule is CCC(C(=O)NC(C)C)N(Cc1c(Cl)cccc1Cl)C(=O)CN(c1ccc2c(c1)OCO2)S(=O)(=O)CC. The van der Waals surface area contributed by atoms with Crippen LogP contribution in [0.2, 0.25) is 10.0 Å². The first-order valence-corrected chi connectivity index (χ1v) is 14.3. The standard InChI is InChI=1S/C25H31Cl2N3O6S/c1-5-21(25(32)28-16(3)4)29(13-18-19(26)8-7-9-20(18)27)24(31)14-30(37(33,34)6-2)17-10-11-22-23(12-17)36-15-35-22/h7-12,16,21H,5-6,13-15H2,1-4H3,(H,28,32). The van der Waals surface area contributed by atoms with Crippen LogP contribution in [0.3, 0.4) is 0 Å². The van der Waals surface area contributed by atoms with Crippen molar-refractivity contribution in [2.75, 3.05) is 23.4 Å². The lowest BCUT2D eigenvalue weighted by Crippen LogP contribution is -2.53. The lowest BCUT2D eigenvalue weighted by molar-refractivity contribution is -0.140. The van der Waals surface area contributed by atoms with Crippen molar-refractivity contribution < 1.29 is 27.5 Å². The molecule has 1 unspecified atom stereocenters. The molecule has 37 heavy (non-hydrogen) atoms. The Hall–Kier alpha value is -2.69. The molecule has 1 N–H and O–H groups in total. The summed E-state index contributed by atoms with van der Waals surface area (Å²) in [5, 5.41) is 3.50. The van der Waals surface area contributed by atoms with Gasteiger partial charge in [0.15, 0.2) is 11.5 Å². The summed E-state index contributed by atoms with van der Waals surface area (Å²) in [7, 11) is -3.88. The number of hydrogen-bond donors (Lipinski definition) is 1. The van der Waals surface area contributed by atoms with Crippen LogP contribution in [0.25, 0.3) is 0 Å². The average Bonchev–Trinajstić information content (AvgIpc) is 3.31. The highest BCUT2D eigenvalue weighted by atomic mass is 35.5. The number of ether oxygens (including phenoxy) is 2. The zero-order valence-corrected chi connectivity index (χ0v) is 23.5. The lowest BCUT2D eigenvalue weighted by Gasteiger charge is -2.33. The van der Waals surface area contributed by atoms with Crippen LogP contribution in [0, 0.1) is 0 Å². The van der Waals surface area contributed by atoms with Crippen LogP contribution < -0.4 is 19.1 Å². The maximum atomic E-state index is 13.8. The molecule has 1 heterocycles. The molecule has 0 radical (unpaired) electrons. The van der Waals surface area contributed by atoms with E-state index >= 15 is 0 Å². The molecule has 2 aromatic rings. The van der Waals surface area contributed by atoms with Crippen molar-refractivity contribution in [3.05, 3.63) is 52.0 Å². The fourth-order valence-corrected chi connectivity index (χ4v) is 5.48. The van der Waals surface area contributed by atoms with E-state index in [0.29, 0.717) is 27.1 Å². The predicted octanol–water partition coefficient (Wildman–Crippen LogP) is 4.21. The van der Waals surface area contributed by atoms with Crippen LogP contribution in [0.4, 0.5) is 5.69 Å². The number of carbonyl (C=O) groups excluding carboxylic acids is 2. The third-order valence-electron chi connectivity index (χ3n) is 5.83. The largest absolute Gasteiger partial charge is 0.454 e. The minimum Gasteiger partial charge on any atom is -0.454 e. The van der Waals surface area contributed by atoms with E-state index in [0.717, 1.165) is 4.31 Å². The summed E-state index contributed by atoms with van der Waals surface area (Å²) in [5.41, 5.74) is 0.706. The summed E-state index contributed by atoms with van der Waals surface area (Å²) >= 11 is 12.8. The normalized spacial score (nSPS) is 13.4. The fourth-order valence-electron chi connectivity index (χ4n) is 3.91. The number of sulfonamides is 1. The van der Waals surface area contributed by atoms with Gasteiger partial charge in [-0.1, -0.05) is 36.2 Å². The van der Waals surface area contributed by atoms with Crippen molar-refractivity contribution in [1.29, 1.82) is 0 Å². The van der Waals surface area contributed by atoms with Crippen LogP contribution in [0.15, 0.2) is 36.4 Å². The molecule has 2 aromatic carbocycles. The van der Waals surface area contributed by atoms with Gasteiger partial charge < -0.3 is 19.7 Å². The van der Waals surface area contributed by atoms with Crippen molar-refractivity contribution in [3.8, 4) is 11.5 Å². The topological polar surface area (TPSA) is 105 Å². The second-order valence-corrected chi connectivity index (χ2v) is 11.8. The van der Waals surface area contributed by atoms with Gasteiger partial charge in [0.05, 0.1) is 11.4 Å². The highest BCUT2D eigenvalue weighted by Crippen LogP contribution is 2.36. The average molecular weight is 573 g/mol. The molecule has 1 aliphatic heterocycles. The molecule has 0 aliphatic carbocycles. The number of nitrogens with one attached hydrogen (secondary N) is 1. The van der Waals surface area contributed by atoms with Crippen LogP contribution in [0.5, 0.6) is 11.5 Å². The lowest BCUT2D eigenvalue weighted by atomic mass is 10.1. The second-order valence-electron chi connectivity index (χ2n) is 8.75. The maximum absolute atomic E-state index is 13.8. The van der Waals surface area contributed by atoms with E-state index in [1.54, 1.807) is 37.3 Å². The molecule has 0 bridgehead atoms. The Balaban J connectivity index is 2.02. The first kappa shape index (κ1) is 28.9. The van der Waals surface area contributed by atoms with Crippen molar-refractivity contribution in [2.45, 2.75) is 52.7 Å². The summed E-state index contributed by atoms with van der Waals surface area (Å²) in [6.07, 6.45) is 0.289. The summed E-state index contributed by atoms with van der Waals surface area (Å²) in [5.74, 6) is -0.326. The molecule has 12 heteroatoms. The third-order valence-corrected chi connectivity index (χ3v) is 8.28. The van der Waals surface area contributed by atoms with Gasteiger partial charge >= 0.3 is 0 Å². The Morgan fingerprint density at radius 2 is 1.70 bits per heavy atom. The number of nitrogens with zero attached hydrogens (tertiary/aromatic N) is 2. The maximum Gasteiger partial charge on any atom is 0.244 e. The Labute approximate surface area is 227 Å². The number of anilines is 1. The van der Waals surface area contributed by atoms with Gasteiger partial charge in [-0.3, -0.25) is 13.9 Å². The van der Waals surface area contributed by atoms with Gasteiger partial charge in [-0.15, -0.1) is 0 Å². The van der Waals surface area contributed by atoms with Crippen molar-refractivity contribution in [1.82, 2.24) is 10.2 Å². The fraction of sp³-hybridized carbons (Fsp3) is 0.440. The zero-order chi connectivity index (χ0) is 27.3. The van der Waals surface area contributed by atoms with Crippen molar-refractivity contribution >= 4 is 50.7 Å². The van der Waals surface area contributed by atoms with Gasteiger partial charge in [-0.05, 0) is 51.5 Å². The van der Waals surface area contributed by atoms with E-state index in [4.69, 9.17) is 32.7 Å². The molecule has 0 saturated carbocycles. The van der Waals surface area contributed by atoms with Gasteiger partial charge in [0.1, 0.15) is 12.6 Å². The highest BCUT2D eigenvalue weighted by molar-refractivity contribution is 7.92. The van der Waals surface area contributed by atoms with Gasteiger partial charge in [0, 0.05) is 34.3 Å². The molecule has 1 atom stereocenters. The quantitative estimate of drug-likeness (QED) is 0.433. The summed E-state index contributed by atoms with van der Waals surface area (Å²) in [4.78, 5) is 28.3. The third kappa shape index (κ3) is 6.80. The number of benzene rings is 2. The number of halogens is 2. The van der Waals surface area contributed by atoms with E-state index in [2.05, 4.69) is 5.32 Å². The molecule has 1 aliphatic rings. The Morgan fingerprint density at radius 1 is 1.05 bits per heavy atom. The molecule has 0 fully saturated rings. The molecule has 0 aromatic heterocycles. The molecule has 3 rings (SSSR count). The summed E-state index contributed by atoms with van der Waals surface area (Å²) < 4.78 is 37.9. The minimum absolute atomic E-state index is 0.0216. The van der Waals surface area contributed by atoms with Gasteiger partial charge in [-0.2, -0.15) is 0 Å². The van der Waals surface area contributed by atoms with Crippen molar-refractivity contribution in [2.24, 2.45) is 0 Å². The van der Waals surface area contributed by atoms with Gasteiger partial charge in [-0.25, -0.2) is 8.42 Å². The molecule has 0 spiro atoms. The zero-order valence-electron chi connectivity index (χ0n) is 21.2. The highest BCUT2D eigenvalue weighted by Gasteiger charge is 2.33. The Morgan fingerprint density at radius 3 is 2.30 bits per heavy atom. The monoisotopic (exact) mass is 571 g/mol. The van der Waals surface area contributed by atoms with Gasteiger partial charge in [0.2, 0.25) is 28.6 Å². The van der Waals surface area contributed by atoms with Gasteiger partial charge in [0.25, 0.3) is 0 Å². The molecular formula is C25H31Cl2N3O6S. The summed E-state index contributed by atoms with van der Waals surface area (Å²) in [6, 6.07) is 8.57. The van der Waals surface area contributed by atoms with Crippen molar-refractivity contribution in [3.63, 3.8) is 0 Å². The number of fused-ring (bicyclic) bond motifs is 1. The Kier molecular flexibility index (Phi) is 9.55. The number of amides is 2. The molecule has 202 valence electrons. The van der Waals surface area contributed by atoms with Crippen LogP contribution in [0.1, 0.15) is 39.7 Å². The summed E-state index contributed by atoms with van der Waals surface area (Å²) in [6.45, 7) is 6.30. The van der Waals surface area contributed by atoms with Crippen LogP contribution in [-0.2, 0) is 26.2 Å². The Bertz CT molecular complexity index is 1230. The molecule has 2 amide bonds. The van der Waals surface area contributed by atoms with E-state index < -0.39 is 28.5 Å². The van der Waals surface area contributed by atoms with Crippen LogP contribution >= 0.6 is 23.2 Å². The molecular weight excluding hydrogens is 541 g/mol. The molecule has 0 saturated heterocycles. The predicted molar refractivity (Wildman–Crippen MR) is 144 cm³/mol. The number of hydrogen-bond acceptors (Lipinski definition) is 6. The van der Waals surface area contributed by atoms with E-state index in [1.165, 1.54) is 17.9 Å². The first-order valence-electron chi connectivity index (χ1n) is 11.9. The van der Waals surface area contributed by atoms with Crippen LogP contribution in [-0.4, -0.2) is 56.3 Å². The molecule has 9 nitrogen and oxygen atoms in total.